The van der Waals surface area contributed by atoms with Gasteiger partial charge in [-0.25, -0.2) is 0 Å². The highest BCUT2D eigenvalue weighted by Gasteiger charge is 2.30. The number of thioether (sulfide) groups is 1. The van der Waals surface area contributed by atoms with E-state index >= 15 is 0 Å². The highest BCUT2D eigenvalue weighted by Crippen LogP contribution is 2.25. The fraction of sp³-hybridized carbons (Fsp3) is 0.889. The molecule has 1 heterocycles. The first-order valence-electron chi connectivity index (χ1n) is 9.07. The number of nitrogens with one attached hydrogen (secondary N) is 1. The third-order valence-electron chi connectivity index (χ3n) is 4.73. The average molecular weight is 341 g/mol. The summed E-state index contributed by atoms with van der Waals surface area (Å²) in [6, 6.07) is 0.360. The fourth-order valence-corrected chi connectivity index (χ4v) is 4.09. The number of piperidine rings is 1. The zero-order chi connectivity index (χ0) is 16.9. The van der Waals surface area contributed by atoms with Crippen LogP contribution in [0.15, 0.2) is 0 Å². The molecule has 1 saturated heterocycles. The van der Waals surface area contributed by atoms with Crippen molar-refractivity contribution in [3.63, 3.8) is 0 Å². The minimum atomic E-state index is -0.0192. The van der Waals surface area contributed by atoms with Crippen molar-refractivity contribution in [1.82, 2.24) is 10.2 Å². The Labute approximate surface area is 145 Å². The van der Waals surface area contributed by atoms with Crippen LogP contribution in [0.4, 0.5) is 0 Å². The molecule has 1 aliphatic heterocycles. The van der Waals surface area contributed by atoms with Gasteiger partial charge < -0.3 is 10.2 Å². The van der Waals surface area contributed by atoms with Crippen LogP contribution in [0.3, 0.4) is 0 Å². The second-order valence-corrected chi connectivity index (χ2v) is 9.73. The Kier molecular flexibility index (Phi) is 6.81. The van der Waals surface area contributed by atoms with Gasteiger partial charge >= 0.3 is 0 Å². The van der Waals surface area contributed by atoms with Crippen LogP contribution in [0.5, 0.6) is 0 Å². The standard InChI is InChI=1S/C18H32N2O2S/c1-18(2,3)23-13-16(21)20-11-7-8-14(12-20)17(22)19-15-9-5-4-6-10-15/h14-15H,4-13H2,1-3H3,(H,19,22). The van der Waals surface area contributed by atoms with E-state index in [2.05, 4.69) is 26.1 Å². The molecule has 0 aromatic rings. The molecule has 2 aliphatic rings. The van der Waals surface area contributed by atoms with E-state index in [1.54, 1.807) is 11.8 Å². The Balaban J connectivity index is 1.79. The predicted molar refractivity (Wildman–Crippen MR) is 96.5 cm³/mol. The van der Waals surface area contributed by atoms with Crippen molar-refractivity contribution in [3.05, 3.63) is 0 Å². The number of carbonyl (C=O) groups excluding carboxylic acids is 2. The maximum atomic E-state index is 12.5. The fourth-order valence-electron chi connectivity index (χ4n) is 3.35. The molecule has 23 heavy (non-hydrogen) atoms. The lowest BCUT2D eigenvalue weighted by Gasteiger charge is -2.34. The summed E-state index contributed by atoms with van der Waals surface area (Å²) < 4.78 is 0.100. The van der Waals surface area contributed by atoms with Crippen molar-refractivity contribution >= 4 is 23.6 Å². The first-order valence-corrected chi connectivity index (χ1v) is 10.1. The Morgan fingerprint density at radius 3 is 2.43 bits per heavy atom. The molecule has 2 amide bonds. The van der Waals surface area contributed by atoms with Gasteiger partial charge in [0.25, 0.3) is 0 Å². The molecular weight excluding hydrogens is 308 g/mol. The van der Waals surface area contributed by atoms with Crippen molar-refractivity contribution in [2.24, 2.45) is 5.92 Å². The second-order valence-electron chi connectivity index (χ2n) is 7.92. The first-order chi connectivity index (χ1) is 10.8. The van der Waals surface area contributed by atoms with Crippen LogP contribution in [0.1, 0.15) is 65.7 Å². The van der Waals surface area contributed by atoms with Crippen LogP contribution in [0.2, 0.25) is 0 Å². The van der Waals surface area contributed by atoms with Gasteiger partial charge in [0.2, 0.25) is 11.8 Å². The van der Waals surface area contributed by atoms with E-state index in [1.165, 1.54) is 19.3 Å². The van der Waals surface area contributed by atoms with Crippen LogP contribution in [0.25, 0.3) is 0 Å². The van der Waals surface area contributed by atoms with E-state index < -0.39 is 0 Å². The quantitative estimate of drug-likeness (QED) is 0.855. The molecule has 1 atom stereocenters. The van der Waals surface area contributed by atoms with Gasteiger partial charge in [-0.1, -0.05) is 40.0 Å². The van der Waals surface area contributed by atoms with E-state index in [4.69, 9.17) is 0 Å². The van der Waals surface area contributed by atoms with Crippen molar-refractivity contribution < 1.29 is 9.59 Å². The third-order valence-corrected chi connectivity index (χ3v) is 5.98. The number of amides is 2. The summed E-state index contributed by atoms with van der Waals surface area (Å²) in [5.41, 5.74) is 0. The molecule has 0 aromatic heterocycles. The molecule has 0 radical (unpaired) electrons. The molecule has 0 bridgehead atoms. The summed E-state index contributed by atoms with van der Waals surface area (Å²) >= 11 is 1.68. The molecular formula is C18H32N2O2S. The molecule has 1 unspecified atom stereocenters. The number of nitrogens with zero attached hydrogens (tertiary/aromatic N) is 1. The minimum Gasteiger partial charge on any atom is -0.353 e. The highest BCUT2D eigenvalue weighted by molar-refractivity contribution is 8.01. The zero-order valence-corrected chi connectivity index (χ0v) is 15.7. The van der Waals surface area contributed by atoms with Gasteiger partial charge in [0.1, 0.15) is 0 Å². The number of rotatable bonds is 4. The molecule has 2 rings (SSSR count). The molecule has 1 N–H and O–H groups in total. The molecule has 0 aromatic carbocycles. The van der Waals surface area contributed by atoms with Crippen LogP contribution in [-0.2, 0) is 9.59 Å². The summed E-state index contributed by atoms with van der Waals surface area (Å²) in [6.45, 7) is 7.78. The largest absolute Gasteiger partial charge is 0.353 e. The molecule has 4 nitrogen and oxygen atoms in total. The van der Waals surface area contributed by atoms with Crippen LogP contribution >= 0.6 is 11.8 Å². The summed E-state index contributed by atoms with van der Waals surface area (Å²) in [5, 5.41) is 3.22. The zero-order valence-electron chi connectivity index (χ0n) is 14.9. The average Bonchev–Trinajstić information content (AvgIpc) is 2.53. The van der Waals surface area contributed by atoms with Crippen LogP contribution in [0, 0.1) is 5.92 Å². The Hall–Kier alpha value is -0.710. The third kappa shape index (κ3) is 6.36. The molecule has 1 saturated carbocycles. The summed E-state index contributed by atoms with van der Waals surface area (Å²) in [6.07, 6.45) is 7.83. The summed E-state index contributed by atoms with van der Waals surface area (Å²) in [5.74, 6) is 0.840. The normalized spacial score (nSPS) is 23.6. The molecule has 2 fully saturated rings. The van der Waals surface area contributed by atoms with Crippen LogP contribution in [-0.4, -0.2) is 46.3 Å². The van der Waals surface area contributed by atoms with Gasteiger partial charge in [-0.05, 0) is 25.7 Å². The van der Waals surface area contributed by atoms with Crippen molar-refractivity contribution in [3.8, 4) is 0 Å². The molecule has 1 aliphatic carbocycles. The van der Waals surface area contributed by atoms with Crippen molar-refractivity contribution in [2.45, 2.75) is 76.5 Å². The van der Waals surface area contributed by atoms with E-state index in [0.717, 1.165) is 32.2 Å². The predicted octanol–water partition coefficient (Wildman–Crippen LogP) is 3.21. The minimum absolute atomic E-state index is 0.0192. The summed E-state index contributed by atoms with van der Waals surface area (Å²) in [7, 11) is 0. The van der Waals surface area contributed by atoms with E-state index in [9.17, 15) is 9.59 Å². The number of hydrogen-bond acceptors (Lipinski definition) is 3. The van der Waals surface area contributed by atoms with Crippen molar-refractivity contribution in [2.75, 3.05) is 18.8 Å². The lowest BCUT2D eigenvalue weighted by molar-refractivity contribution is -0.134. The maximum absolute atomic E-state index is 12.5. The maximum Gasteiger partial charge on any atom is 0.232 e. The smallest absolute Gasteiger partial charge is 0.232 e. The number of carbonyl (C=O) groups is 2. The second kappa shape index (κ2) is 8.41. The monoisotopic (exact) mass is 340 g/mol. The van der Waals surface area contributed by atoms with Gasteiger partial charge in [-0.15, -0.1) is 11.8 Å². The Morgan fingerprint density at radius 2 is 1.78 bits per heavy atom. The number of hydrogen-bond donors (Lipinski definition) is 1. The SMILES string of the molecule is CC(C)(C)SCC(=O)N1CCCC(C(=O)NC2CCCCC2)C1. The highest BCUT2D eigenvalue weighted by atomic mass is 32.2. The van der Waals surface area contributed by atoms with Gasteiger partial charge in [-0.2, -0.15) is 0 Å². The molecule has 5 heteroatoms. The Bertz CT molecular complexity index is 414. The molecule has 0 spiro atoms. The van der Waals surface area contributed by atoms with Gasteiger partial charge in [0.15, 0.2) is 0 Å². The number of likely N-dealkylation sites (tertiary alicyclic amines) is 1. The van der Waals surface area contributed by atoms with E-state index in [1.807, 2.05) is 4.90 Å². The molecule has 132 valence electrons. The Morgan fingerprint density at radius 1 is 1.09 bits per heavy atom. The van der Waals surface area contributed by atoms with Gasteiger partial charge in [0.05, 0.1) is 11.7 Å². The lowest BCUT2D eigenvalue weighted by Crippen LogP contribution is -2.48. The van der Waals surface area contributed by atoms with Gasteiger partial charge in [0, 0.05) is 23.9 Å². The van der Waals surface area contributed by atoms with Crippen molar-refractivity contribution in [1.29, 1.82) is 0 Å². The van der Waals surface area contributed by atoms with E-state index in [-0.39, 0.29) is 22.5 Å². The van der Waals surface area contributed by atoms with E-state index in [0.29, 0.717) is 18.3 Å². The first kappa shape index (κ1) is 18.6. The van der Waals surface area contributed by atoms with Crippen LogP contribution < -0.4 is 5.32 Å². The topological polar surface area (TPSA) is 49.4 Å². The van der Waals surface area contributed by atoms with Gasteiger partial charge in [-0.3, -0.25) is 9.59 Å². The lowest BCUT2D eigenvalue weighted by atomic mass is 9.93. The summed E-state index contributed by atoms with van der Waals surface area (Å²) in [4.78, 5) is 26.8.